The van der Waals surface area contributed by atoms with Gasteiger partial charge in [-0.25, -0.2) is 0 Å². The summed E-state index contributed by atoms with van der Waals surface area (Å²) in [5.74, 6) is -0.611. The third-order valence-electron chi connectivity index (χ3n) is 7.54. The number of aliphatic hydroxyl groups is 1. The van der Waals surface area contributed by atoms with Gasteiger partial charge < -0.3 is 14.6 Å². The van der Waals surface area contributed by atoms with Gasteiger partial charge in [0, 0.05) is 12.8 Å². The maximum absolute atomic E-state index is 11.9. The normalized spacial score (nSPS) is 12.7. The van der Waals surface area contributed by atoms with Gasteiger partial charge in [-0.15, -0.1) is 0 Å². The third-order valence-corrected chi connectivity index (χ3v) is 7.54. The van der Waals surface area contributed by atoms with E-state index < -0.39 is 6.10 Å². The number of hydrogen-bond donors (Lipinski definition) is 1. The number of carbonyl (C=O) groups excluding carboxylic acids is 2. The molecule has 0 radical (unpaired) electrons. The summed E-state index contributed by atoms with van der Waals surface area (Å²) in [5, 5.41) is 9.98. The Morgan fingerprint density at radius 2 is 0.795 bits per heavy atom. The fourth-order valence-electron chi connectivity index (χ4n) is 4.73. The number of rotatable bonds is 32. The van der Waals surface area contributed by atoms with Crippen molar-refractivity contribution in [1.29, 1.82) is 0 Å². The number of ether oxygens (including phenoxy) is 2. The SMILES string of the molecule is CCCCC/C=C\C/C=C\C/C=C\CCCCCCC(=O)OC[C@H](O)COC(=O)CCCCC/C=C\CCCCCCCC. The highest BCUT2D eigenvalue weighted by atomic mass is 16.6. The van der Waals surface area contributed by atoms with E-state index in [-0.39, 0.29) is 25.2 Å². The van der Waals surface area contributed by atoms with E-state index in [1.807, 2.05) is 0 Å². The maximum Gasteiger partial charge on any atom is 0.305 e. The van der Waals surface area contributed by atoms with E-state index >= 15 is 0 Å². The summed E-state index contributed by atoms with van der Waals surface area (Å²) >= 11 is 0. The standard InChI is InChI=1S/C39H68O5/c1-3-5-7-9-11-13-15-17-18-19-20-22-24-26-28-30-32-34-39(42)44-36-37(40)35-43-38(41)33-31-29-27-25-23-21-16-14-12-10-8-6-4-2/h11,13,17-18,20-23,37,40H,3-10,12,14-16,19,24-36H2,1-2H3/b13-11-,18-17-,22-20-,23-21-/t37-/m1/s1. The lowest BCUT2D eigenvalue weighted by atomic mass is 10.1. The highest BCUT2D eigenvalue weighted by molar-refractivity contribution is 5.69. The van der Waals surface area contributed by atoms with Crippen LogP contribution in [0.25, 0.3) is 0 Å². The molecule has 0 fully saturated rings. The largest absolute Gasteiger partial charge is 0.463 e. The Bertz CT molecular complexity index is 752. The van der Waals surface area contributed by atoms with Crippen LogP contribution in [0, 0.1) is 0 Å². The zero-order chi connectivity index (χ0) is 32.2. The molecule has 0 aliphatic heterocycles. The second-order valence-corrected chi connectivity index (χ2v) is 12.0. The Hall–Kier alpha value is -2.14. The summed E-state index contributed by atoms with van der Waals surface area (Å²) in [5.41, 5.74) is 0. The first-order valence-corrected chi connectivity index (χ1v) is 18.2. The average molecular weight is 617 g/mol. The molecule has 1 atom stereocenters. The molecule has 0 spiro atoms. The predicted molar refractivity (Wildman–Crippen MR) is 187 cm³/mol. The zero-order valence-electron chi connectivity index (χ0n) is 28.7. The Morgan fingerprint density at radius 1 is 0.477 bits per heavy atom. The first-order chi connectivity index (χ1) is 21.6. The summed E-state index contributed by atoms with van der Waals surface area (Å²) < 4.78 is 10.3. The van der Waals surface area contributed by atoms with E-state index in [4.69, 9.17) is 9.47 Å². The minimum absolute atomic E-state index is 0.132. The van der Waals surface area contributed by atoms with Crippen LogP contribution < -0.4 is 0 Å². The summed E-state index contributed by atoms with van der Waals surface area (Å²) in [7, 11) is 0. The van der Waals surface area contributed by atoms with Crippen molar-refractivity contribution in [2.75, 3.05) is 13.2 Å². The fraction of sp³-hybridized carbons (Fsp3) is 0.744. The number of allylic oxidation sites excluding steroid dienone is 8. The van der Waals surface area contributed by atoms with Crippen molar-refractivity contribution in [3.8, 4) is 0 Å². The van der Waals surface area contributed by atoms with Crippen molar-refractivity contribution >= 4 is 11.9 Å². The molecule has 5 heteroatoms. The topological polar surface area (TPSA) is 72.8 Å². The molecule has 0 amide bonds. The van der Waals surface area contributed by atoms with Crippen LogP contribution in [0.15, 0.2) is 48.6 Å². The Kier molecular flexibility index (Phi) is 33.6. The number of unbranched alkanes of at least 4 members (excludes halogenated alkanes) is 16. The molecular weight excluding hydrogens is 548 g/mol. The van der Waals surface area contributed by atoms with Gasteiger partial charge in [0.2, 0.25) is 0 Å². The van der Waals surface area contributed by atoms with Crippen LogP contribution >= 0.6 is 0 Å². The van der Waals surface area contributed by atoms with E-state index in [9.17, 15) is 14.7 Å². The zero-order valence-corrected chi connectivity index (χ0v) is 28.7. The van der Waals surface area contributed by atoms with Gasteiger partial charge in [-0.1, -0.05) is 127 Å². The third kappa shape index (κ3) is 34.4. The number of aliphatic hydroxyl groups excluding tert-OH is 1. The van der Waals surface area contributed by atoms with Gasteiger partial charge in [0.25, 0.3) is 0 Å². The average Bonchev–Trinajstić information content (AvgIpc) is 3.02. The molecule has 0 saturated heterocycles. The highest BCUT2D eigenvalue weighted by Crippen LogP contribution is 2.10. The van der Waals surface area contributed by atoms with Gasteiger partial charge in [0.1, 0.15) is 19.3 Å². The van der Waals surface area contributed by atoms with Gasteiger partial charge in [0.15, 0.2) is 0 Å². The van der Waals surface area contributed by atoms with E-state index in [1.165, 1.54) is 70.6 Å². The van der Waals surface area contributed by atoms with Crippen LogP contribution in [0.3, 0.4) is 0 Å². The van der Waals surface area contributed by atoms with Crippen molar-refractivity contribution in [2.45, 2.75) is 174 Å². The molecule has 254 valence electrons. The Balaban J connectivity index is 3.53. The molecule has 0 heterocycles. The molecule has 1 N–H and O–H groups in total. The van der Waals surface area contributed by atoms with E-state index in [1.54, 1.807) is 0 Å². The van der Waals surface area contributed by atoms with Crippen LogP contribution in [-0.2, 0) is 19.1 Å². The molecule has 0 aromatic heterocycles. The number of esters is 2. The number of hydrogen-bond acceptors (Lipinski definition) is 5. The smallest absolute Gasteiger partial charge is 0.305 e. The van der Waals surface area contributed by atoms with Crippen molar-refractivity contribution in [3.63, 3.8) is 0 Å². The second kappa shape index (κ2) is 35.3. The molecule has 0 aromatic rings. The van der Waals surface area contributed by atoms with Crippen LogP contribution in [0.4, 0.5) is 0 Å². The van der Waals surface area contributed by atoms with Gasteiger partial charge in [0.05, 0.1) is 0 Å². The summed E-state index contributed by atoms with van der Waals surface area (Å²) in [6.45, 7) is 4.22. The molecule has 0 aliphatic rings. The molecule has 44 heavy (non-hydrogen) atoms. The van der Waals surface area contributed by atoms with Gasteiger partial charge in [-0.05, 0) is 77.0 Å². The lowest BCUT2D eigenvalue weighted by Gasteiger charge is -2.12. The first kappa shape index (κ1) is 41.9. The quantitative estimate of drug-likeness (QED) is 0.0462. The van der Waals surface area contributed by atoms with Gasteiger partial charge >= 0.3 is 11.9 Å². The van der Waals surface area contributed by atoms with Crippen LogP contribution in [0.2, 0.25) is 0 Å². The van der Waals surface area contributed by atoms with Gasteiger partial charge in [-0.3, -0.25) is 9.59 Å². The predicted octanol–water partition coefficient (Wildman–Crippen LogP) is 11.1. The van der Waals surface area contributed by atoms with Crippen LogP contribution in [0.5, 0.6) is 0 Å². The minimum Gasteiger partial charge on any atom is -0.463 e. The lowest BCUT2D eigenvalue weighted by Crippen LogP contribution is -2.25. The van der Waals surface area contributed by atoms with Crippen LogP contribution in [0.1, 0.15) is 168 Å². The molecule has 5 nitrogen and oxygen atoms in total. The highest BCUT2D eigenvalue weighted by Gasteiger charge is 2.12. The molecule has 0 aliphatic carbocycles. The summed E-state index contributed by atoms with van der Waals surface area (Å²) in [6.07, 6.45) is 43.0. The first-order valence-electron chi connectivity index (χ1n) is 18.2. The second-order valence-electron chi connectivity index (χ2n) is 12.0. The van der Waals surface area contributed by atoms with E-state index in [0.29, 0.717) is 12.8 Å². The lowest BCUT2D eigenvalue weighted by molar-refractivity contribution is -0.152. The summed E-state index contributed by atoms with van der Waals surface area (Å²) in [6, 6.07) is 0. The molecule has 0 bridgehead atoms. The maximum atomic E-state index is 11.9. The molecule has 0 unspecified atom stereocenters. The molecule has 0 rings (SSSR count). The van der Waals surface area contributed by atoms with Crippen molar-refractivity contribution in [1.82, 2.24) is 0 Å². The van der Waals surface area contributed by atoms with Crippen molar-refractivity contribution in [2.24, 2.45) is 0 Å². The number of carbonyl (C=O) groups is 2. The van der Waals surface area contributed by atoms with Gasteiger partial charge in [-0.2, -0.15) is 0 Å². The monoisotopic (exact) mass is 617 g/mol. The molecule has 0 aromatic carbocycles. The minimum atomic E-state index is -0.978. The Morgan fingerprint density at radius 3 is 1.27 bits per heavy atom. The van der Waals surface area contributed by atoms with Crippen LogP contribution in [-0.4, -0.2) is 36.4 Å². The Labute approximate surface area is 271 Å². The fourth-order valence-corrected chi connectivity index (χ4v) is 4.73. The van der Waals surface area contributed by atoms with Crippen molar-refractivity contribution in [3.05, 3.63) is 48.6 Å². The molecular formula is C39H68O5. The van der Waals surface area contributed by atoms with E-state index in [0.717, 1.165) is 70.6 Å². The van der Waals surface area contributed by atoms with Crippen molar-refractivity contribution < 1.29 is 24.2 Å². The molecule has 0 saturated carbocycles. The summed E-state index contributed by atoms with van der Waals surface area (Å²) in [4.78, 5) is 23.8. The van der Waals surface area contributed by atoms with E-state index in [2.05, 4.69) is 62.5 Å².